The molecule has 0 aliphatic carbocycles. The molecule has 3 N–H and O–H groups in total. The van der Waals surface area contributed by atoms with Crippen molar-refractivity contribution in [3.8, 4) is 0 Å². The number of carbonyl (C=O) groups is 2. The van der Waals surface area contributed by atoms with Crippen LogP contribution in [0.4, 0.5) is 16.2 Å². The maximum absolute atomic E-state index is 13.0. The standard InChI is InChI=1S/C27H28N6O2/c1-27(2)13-24(31-33(25(27)34)15-18-3-7-22(28)8-4-18)19-5-9-23(10-6-19)30-26(35)32-16-20-11-12-29-14-21(20)17-32/h3-12,14H,13,15-17,28H2,1-2H3,(H,30,35). The molecule has 0 saturated carbocycles. The molecule has 0 atom stereocenters. The summed E-state index contributed by atoms with van der Waals surface area (Å²) in [7, 11) is 0. The molecular weight excluding hydrogens is 440 g/mol. The molecule has 3 aromatic rings. The van der Waals surface area contributed by atoms with Gasteiger partial charge >= 0.3 is 6.03 Å². The summed E-state index contributed by atoms with van der Waals surface area (Å²) in [5, 5.41) is 9.20. The molecule has 178 valence electrons. The van der Waals surface area contributed by atoms with E-state index in [1.807, 2.05) is 74.6 Å². The van der Waals surface area contributed by atoms with Gasteiger partial charge < -0.3 is 16.0 Å². The molecule has 2 aliphatic rings. The summed E-state index contributed by atoms with van der Waals surface area (Å²) in [6, 6.07) is 16.9. The number of hydrazone groups is 1. The third kappa shape index (κ3) is 4.73. The van der Waals surface area contributed by atoms with Gasteiger partial charge in [0.05, 0.1) is 17.7 Å². The molecule has 2 aliphatic heterocycles. The number of nitrogen functional groups attached to an aromatic ring is 1. The first-order valence-electron chi connectivity index (χ1n) is 11.6. The van der Waals surface area contributed by atoms with Crippen molar-refractivity contribution in [1.29, 1.82) is 0 Å². The van der Waals surface area contributed by atoms with Crippen molar-refractivity contribution in [2.24, 2.45) is 10.5 Å². The number of nitrogens with zero attached hydrogens (tertiary/aromatic N) is 4. The van der Waals surface area contributed by atoms with Gasteiger partial charge in [-0.2, -0.15) is 5.10 Å². The van der Waals surface area contributed by atoms with Gasteiger partial charge in [0.1, 0.15) is 0 Å². The van der Waals surface area contributed by atoms with E-state index in [9.17, 15) is 9.59 Å². The zero-order valence-corrected chi connectivity index (χ0v) is 19.9. The number of aromatic nitrogens is 1. The number of pyridine rings is 1. The number of amides is 3. The Kier molecular flexibility index (Phi) is 5.72. The van der Waals surface area contributed by atoms with Gasteiger partial charge in [-0.1, -0.05) is 38.1 Å². The van der Waals surface area contributed by atoms with Crippen molar-refractivity contribution >= 4 is 29.0 Å². The molecule has 0 fully saturated rings. The highest BCUT2D eigenvalue weighted by Crippen LogP contribution is 2.32. The lowest BCUT2D eigenvalue weighted by atomic mass is 9.82. The number of rotatable bonds is 4. The number of anilines is 2. The number of carbonyl (C=O) groups excluding carboxylic acids is 2. The molecule has 0 unspecified atom stereocenters. The largest absolute Gasteiger partial charge is 0.399 e. The Labute approximate surface area is 204 Å². The quantitative estimate of drug-likeness (QED) is 0.555. The first-order valence-corrected chi connectivity index (χ1v) is 11.6. The molecule has 0 bridgehead atoms. The van der Waals surface area contributed by atoms with E-state index >= 15 is 0 Å². The summed E-state index contributed by atoms with van der Waals surface area (Å²) in [6.45, 7) is 5.40. The van der Waals surface area contributed by atoms with Crippen LogP contribution in [0.5, 0.6) is 0 Å². The lowest BCUT2D eigenvalue weighted by molar-refractivity contribution is -0.141. The molecule has 0 saturated heterocycles. The van der Waals surface area contributed by atoms with Gasteiger partial charge in [0.25, 0.3) is 0 Å². The number of fused-ring (bicyclic) bond motifs is 1. The SMILES string of the molecule is CC1(C)CC(c2ccc(NC(=O)N3Cc4ccncc4C3)cc2)=NN(Cc2ccc(N)cc2)C1=O. The second-order valence-corrected chi connectivity index (χ2v) is 9.72. The van der Waals surface area contributed by atoms with Crippen LogP contribution >= 0.6 is 0 Å². The van der Waals surface area contributed by atoms with E-state index in [4.69, 9.17) is 10.8 Å². The Balaban J connectivity index is 1.29. The van der Waals surface area contributed by atoms with Gasteiger partial charge in [0, 0.05) is 43.3 Å². The highest BCUT2D eigenvalue weighted by Gasteiger charge is 2.38. The van der Waals surface area contributed by atoms with Crippen LogP contribution in [0, 0.1) is 5.41 Å². The smallest absolute Gasteiger partial charge is 0.322 e. The molecule has 8 heteroatoms. The fourth-order valence-corrected chi connectivity index (χ4v) is 4.44. The summed E-state index contributed by atoms with van der Waals surface area (Å²) in [4.78, 5) is 31.7. The fraction of sp³-hybridized carbons (Fsp3) is 0.259. The summed E-state index contributed by atoms with van der Waals surface area (Å²) in [6.07, 6.45) is 4.10. The Bertz CT molecular complexity index is 1270. The maximum atomic E-state index is 13.0. The van der Waals surface area contributed by atoms with E-state index in [1.54, 1.807) is 16.1 Å². The van der Waals surface area contributed by atoms with Crippen molar-refractivity contribution in [1.82, 2.24) is 14.9 Å². The monoisotopic (exact) mass is 468 g/mol. The normalized spacial score (nSPS) is 16.6. The topological polar surface area (TPSA) is 104 Å². The minimum atomic E-state index is -0.572. The Morgan fingerprint density at radius 2 is 1.74 bits per heavy atom. The van der Waals surface area contributed by atoms with Gasteiger partial charge in [0.2, 0.25) is 5.91 Å². The minimum Gasteiger partial charge on any atom is -0.399 e. The molecule has 35 heavy (non-hydrogen) atoms. The van der Waals surface area contributed by atoms with Gasteiger partial charge in [-0.3, -0.25) is 9.78 Å². The number of hydrogen-bond acceptors (Lipinski definition) is 5. The molecule has 5 rings (SSSR count). The van der Waals surface area contributed by atoms with Crippen LogP contribution < -0.4 is 11.1 Å². The number of nitrogens with one attached hydrogen (secondary N) is 1. The van der Waals surface area contributed by atoms with E-state index < -0.39 is 5.41 Å². The average Bonchev–Trinajstić information content (AvgIpc) is 3.28. The van der Waals surface area contributed by atoms with E-state index in [0.29, 0.717) is 37.4 Å². The summed E-state index contributed by atoms with van der Waals surface area (Å²) in [5.41, 5.74) is 11.5. The van der Waals surface area contributed by atoms with Crippen molar-refractivity contribution in [2.45, 2.75) is 39.9 Å². The third-order valence-electron chi connectivity index (χ3n) is 6.46. The maximum Gasteiger partial charge on any atom is 0.322 e. The number of hydrogen-bond donors (Lipinski definition) is 2. The van der Waals surface area contributed by atoms with Gasteiger partial charge in [-0.25, -0.2) is 9.80 Å². The Hall–Kier alpha value is -4.20. The van der Waals surface area contributed by atoms with Gasteiger partial charge in [0.15, 0.2) is 0 Å². The Morgan fingerprint density at radius 3 is 2.46 bits per heavy atom. The Morgan fingerprint density at radius 1 is 1.03 bits per heavy atom. The number of benzene rings is 2. The van der Waals surface area contributed by atoms with E-state index in [0.717, 1.165) is 28.0 Å². The van der Waals surface area contributed by atoms with Crippen molar-refractivity contribution in [3.63, 3.8) is 0 Å². The van der Waals surface area contributed by atoms with Crippen molar-refractivity contribution < 1.29 is 9.59 Å². The predicted octanol–water partition coefficient (Wildman–Crippen LogP) is 4.37. The molecule has 2 aromatic carbocycles. The van der Waals surface area contributed by atoms with Crippen LogP contribution in [-0.4, -0.2) is 32.5 Å². The lowest BCUT2D eigenvalue weighted by Gasteiger charge is -2.34. The number of nitrogens with two attached hydrogens (primary N) is 1. The van der Waals surface area contributed by atoms with Crippen LogP contribution in [-0.2, 0) is 24.4 Å². The number of urea groups is 1. The van der Waals surface area contributed by atoms with Crippen molar-refractivity contribution in [3.05, 3.63) is 89.2 Å². The van der Waals surface area contributed by atoms with Crippen LogP contribution in [0.1, 0.15) is 42.5 Å². The lowest BCUT2D eigenvalue weighted by Crippen LogP contribution is -2.43. The molecule has 3 heterocycles. The summed E-state index contributed by atoms with van der Waals surface area (Å²) in [5.74, 6) is -0.0104. The molecule has 0 radical (unpaired) electrons. The molecule has 3 amide bonds. The minimum absolute atomic E-state index is 0.0104. The van der Waals surface area contributed by atoms with Crippen LogP contribution in [0.2, 0.25) is 0 Å². The summed E-state index contributed by atoms with van der Waals surface area (Å²) < 4.78 is 0. The molecule has 0 spiro atoms. The van der Waals surface area contributed by atoms with E-state index in [-0.39, 0.29) is 11.9 Å². The van der Waals surface area contributed by atoms with Crippen LogP contribution in [0.15, 0.2) is 72.1 Å². The van der Waals surface area contributed by atoms with E-state index in [2.05, 4.69) is 10.3 Å². The molecular formula is C27H28N6O2. The first kappa shape index (κ1) is 22.6. The second kappa shape index (κ2) is 8.87. The predicted molar refractivity (Wildman–Crippen MR) is 135 cm³/mol. The highest BCUT2D eigenvalue weighted by molar-refractivity contribution is 6.06. The van der Waals surface area contributed by atoms with Crippen LogP contribution in [0.3, 0.4) is 0 Å². The highest BCUT2D eigenvalue weighted by atomic mass is 16.2. The van der Waals surface area contributed by atoms with E-state index in [1.165, 1.54) is 0 Å². The average molecular weight is 469 g/mol. The fourth-order valence-electron chi connectivity index (χ4n) is 4.44. The first-order chi connectivity index (χ1) is 16.8. The van der Waals surface area contributed by atoms with Crippen LogP contribution in [0.25, 0.3) is 0 Å². The zero-order chi connectivity index (χ0) is 24.6. The van der Waals surface area contributed by atoms with Crippen molar-refractivity contribution in [2.75, 3.05) is 11.1 Å². The van der Waals surface area contributed by atoms with Gasteiger partial charge in [-0.15, -0.1) is 0 Å². The zero-order valence-electron chi connectivity index (χ0n) is 19.9. The second-order valence-electron chi connectivity index (χ2n) is 9.72. The molecule has 8 nitrogen and oxygen atoms in total. The summed E-state index contributed by atoms with van der Waals surface area (Å²) >= 11 is 0. The van der Waals surface area contributed by atoms with Gasteiger partial charge in [-0.05, 0) is 52.6 Å². The third-order valence-corrected chi connectivity index (χ3v) is 6.46. The molecule has 1 aromatic heterocycles.